The van der Waals surface area contributed by atoms with Gasteiger partial charge in [-0.15, -0.1) is 0 Å². The van der Waals surface area contributed by atoms with Gasteiger partial charge in [0.05, 0.1) is 12.6 Å². The molecule has 0 aliphatic carbocycles. The van der Waals surface area contributed by atoms with Crippen LogP contribution in [0.2, 0.25) is 0 Å². The largest absolute Gasteiger partial charge is 0.456 e. The second-order valence-electron chi connectivity index (χ2n) is 9.90. The van der Waals surface area contributed by atoms with Crippen LogP contribution in [0.15, 0.2) is 59.0 Å². The van der Waals surface area contributed by atoms with Crippen LogP contribution in [0, 0.1) is 11.3 Å². The van der Waals surface area contributed by atoms with E-state index in [2.05, 4.69) is 41.3 Å². The summed E-state index contributed by atoms with van der Waals surface area (Å²) >= 11 is 0. The molecule has 5 rings (SSSR count). The maximum Gasteiger partial charge on any atom is 0.228 e. The van der Waals surface area contributed by atoms with Gasteiger partial charge in [-0.3, -0.25) is 9.63 Å². The van der Waals surface area contributed by atoms with E-state index >= 15 is 0 Å². The highest BCUT2D eigenvalue weighted by Gasteiger charge is 2.45. The molecule has 3 atom stereocenters. The van der Waals surface area contributed by atoms with E-state index in [1.807, 2.05) is 51.1 Å². The van der Waals surface area contributed by atoms with Gasteiger partial charge in [0.25, 0.3) is 0 Å². The molecule has 2 aromatic carbocycles. The van der Waals surface area contributed by atoms with E-state index in [-0.39, 0.29) is 11.9 Å². The lowest BCUT2D eigenvalue weighted by Crippen LogP contribution is -2.52. The number of amides is 1. The van der Waals surface area contributed by atoms with Crippen molar-refractivity contribution in [2.75, 3.05) is 20.2 Å². The molecule has 2 aliphatic heterocycles. The Morgan fingerprint density at radius 1 is 1.06 bits per heavy atom. The summed E-state index contributed by atoms with van der Waals surface area (Å²) in [5.74, 6) is 1.43. The van der Waals surface area contributed by atoms with Crippen molar-refractivity contribution in [3.05, 3.63) is 60.2 Å². The van der Waals surface area contributed by atoms with Crippen molar-refractivity contribution in [2.24, 2.45) is 11.3 Å². The first-order valence-electron chi connectivity index (χ1n) is 11.1. The summed E-state index contributed by atoms with van der Waals surface area (Å²) < 4.78 is 6.03. The zero-order valence-electron chi connectivity index (χ0n) is 18.7. The van der Waals surface area contributed by atoms with Crippen molar-refractivity contribution in [1.29, 1.82) is 0 Å². The molecule has 162 valence electrons. The number of rotatable bonds is 2. The third kappa shape index (κ3) is 3.66. The second kappa shape index (κ2) is 7.50. The average molecular weight is 419 g/mol. The maximum atomic E-state index is 13.3. The van der Waals surface area contributed by atoms with Crippen LogP contribution < -0.4 is 0 Å². The number of hydrogen-bond donors (Lipinski definition) is 0. The molecular formula is C26H30N2O3. The molecule has 0 spiro atoms. The van der Waals surface area contributed by atoms with Gasteiger partial charge >= 0.3 is 0 Å². The summed E-state index contributed by atoms with van der Waals surface area (Å²) in [5, 5.41) is 3.09. The van der Waals surface area contributed by atoms with Gasteiger partial charge in [-0.25, -0.2) is 0 Å². The number of hydrogen-bond acceptors (Lipinski definition) is 4. The summed E-state index contributed by atoms with van der Waals surface area (Å²) in [6.07, 6.45) is 0.882. The number of nitrogens with zero attached hydrogens (tertiary/aromatic N) is 2. The quantitative estimate of drug-likeness (QED) is 0.568. The fourth-order valence-corrected chi connectivity index (χ4v) is 4.93. The van der Waals surface area contributed by atoms with E-state index in [1.165, 1.54) is 0 Å². The second-order valence-corrected chi connectivity index (χ2v) is 9.90. The lowest BCUT2D eigenvalue weighted by atomic mass is 9.83. The first-order valence-corrected chi connectivity index (χ1v) is 11.1. The Hall–Kier alpha value is -2.63. The van der Waals surface area contributed by atoms with Gasteiger partial charge < -0.3 is 9.32 Å². The summed E-state index contributed by atoms with van der Waals surface area (Å²) in [6.45, 7) is 7.43. The smallest absolute Gasteiger partial charge is 0.228 e. The van der Waals surface area contributed by atoms with Crippen molar-refractivity contribution in [1.82, 2.24) is 9.96 Å². The molecule has 1 amide bonds. The minimum absolute atomic E-state index is 0.0434. The first kappa shape index (κ1) is 20.3. The molecule has 0 bridgehead atoms. The standard InChI is InChI=1S/C26H30N2O3/c1-26(2,3)25(29)28-15-20-16-30-27(4)21(20)14-22(28)17-9-11-18(12-10-17)24-13-19-7-5-6-8-23(19)31-24/h5-13,20-22H,14-16H2,1-4H3/t20-,21-,22-/m0/s1. The molecule has 2 saturated heterocycles. The van der Waals surface area contributed by atoms with Crippen molar-refractivity contribution in [3.63, 3.8) is 0 Å². The average Bonchev–Trinajstić information content (AvgIpc) is 3.35. The molecule has 31 heavy (non-hydrogen) atoms. The van der Waals surface area contributed by atoms with Crippen LogP contribution in [0.4, 0.5) is 0 Å². The highest BCUT2D eigenvalue weighted by molar-refractivity contribution is 5.83. The summed E-state index contributed by atoms with van der Waals surface area (Å²) in [6, 6.07) is 19.0. The van der Waals surface area contributed by atoms with Gasteiger partial charge in [0, 0.05) is 41.9 Å². The van der Waals surface area contributed by atoms with Crippen LogP contribution in [0.25, 0.3) is 22.3 Å². The fourth-order valence-electron chi connectivity index (χ4n) is 4.93. The molecule has 5 nitrogen and oxygen atoms in total. The number of benzene rings is 2. The minimum atomic E-state index is -0.412. The summed E-state index contributed by atoms with van der Waals surface area (Å²) in [4.78, 5) is 21.2. The number of carbonyl (C=O) groups excluding carboxylic acids is 1. The van der Waals surface area contributed by atoms with Gasteiger partial charge in [0.1, 0.15) is 11.3 Å². The molecule has 5 heteroatoms. The van der Waals surface area contributed by atoms with Crippen molar-refractivity contribution < 1.29 is 14.0 Å². The Balaban J connectivity index is 1.46. The van der Waals surface area contributed by atoms with Crippen molar-refractivity contribution >= 4 is 16.9 Å². The molecule has 2 aliphatic rings. The number of fused-ring (bicyclic) bond motifs is 2. The zero-order chi connectivity index (χ0) is 21.8. The Morgan fingerprint density at radius 3 is 2.52 bits per heavy atom. The van der Waals surface area contributed by atoms with E-state index < -0.39 is 5.41 Å². The molecule has 0 radical (unpaired) electrons. The Morgan fingerprint density at radius 2 is 1.81 bits per heavy atom. The number of furan rings is 1. The normalized spacial score (nSPS) is 24.5. The number of hydroxylamine groups is 2. The van der Waals surface area contributed by atoms with E-state index in [1.54, 1.807) is 0 Å². The molecule has 3 heterocycles. The van der Waals surface area contributed by atoms with Gasteiger partial charge in [0.2, 0.25) is 5.91 Å². The molecule has 2 fully saturated rings. The van der Waals surface area contributed by atoms with Gasteiger partial charge in [0.15, 0.2) is 0 Å². The van der Waals surface area contributed by atoms with Crippen LogP contribution in [0.1, 0.15) is 38.8 Å². The van der Waals surface area contributed by atoms with E-state index in [9.17, 15) is 4.79 Å². The van der Waals surface area contributed by atoms with Crippen LogP contribution in [0.3, 0.4) is 0 Å². The lowest BCUT2D eigenvalue weighted by molar-refractivity contribution is -0.147. The third-order valence-corrected chi connectivity index (χ3v) is 6.68. The summed E-state index contributed by atoms with van der Waals surface area (Å²) in [7, 11) is 2.01. The highest BCUT2D eigenvalue weighted by Crippen LogP contribution is 2.41. The number of piperidine rings is 1. The van der Waals surface area contributed by atoms with Crippen molar-refractivity contribution in [3.8, 4) is 11.3 Å². The zero-order valence-corrected chi connectivity index (χ0v) is 18.7. The topological polar surface area (TPSA) is 45.9 Å². The van der Waals surface area contributed by atoms with E-state index in [4.69, 9.17) is 9.25 Å². The SMILES string of the molecule is CN1OC[C@@H]2CN(C(=O)C(C)(C)C)[C@H](c3ccc(-c4cc5ccccc5o4)cc3)C[C@@H]21. The Bertz CT molecular complexity index is 1060. The Labute approximate surface area is 183 Å². The van der Waals surface area contributed by atoms with Gasteiger partial charge in [-0.05, 0) is 24.1 Å². The van der Waals surface area contributed by atoms with Gasteiger partial charge in [-0.2, -0.15) is 5.06 Å². The molecule has 0 saturated carbocycles. The van der Waals surface area contributed by atoms with E-state index in [0.717, 1.165) is 40.8 Å². The molecule has 1 aromatic heterocycles. The van der Waals surface area contributed by atoms with Gasteiger partial charge in [-0.1, -0.05) is 63.2 Å². The third-order valence-electron chi connectivity index (χ3n) is 6.68. The molecule has 0 unspecified atom stereocenters. The summed E-state index contributed by atoms with van der Waals surface area (Å²) in [5.41, 5.74) is 2.69. The minimum Gasteiger partial charge on any atom is -0.456 e. The van der Waals surface area contributed by atoms with Crippen LogP contribution in [-0.2, 0) is 9.63 Å². The van der Waals surface area contributed by atoms with Crippen LogP contribution in [0.5, 0.6) is 0 Å². The predicted molar refractivity (Wildman–Crippen MR) is 121 cm³/mol. The van der Waals surface area contributed by atoms with Crippen LogP contribution >= 0.6 is 0 Å². The highest BCUT2D eigenvalue weighted by atomic mass is 16.7. The molecular weight excluding hydrogens is 388 g/mol. The molecule has 0 N–H and O–H groups in total. The predicted octanol–water partition coefficient (Wildman–Crippen LogP) is 5.28. The Kier molecular flexibility index (Phi) is 4.91. The maximum absolute atomic E-state index is 13.3. The number of likely N-dealkylation sites (tertiary alicyclic amines) is 1. The van der Waals surface area contributed by atoms with Crippen LogP contribution in [-0.4, -0.2) is 42.1 Å². The van der Waals surface area contributed by atoms with E-state index in [0.29, 0.717) is 18.6 Å². The molecule has 3 aromatic rings. The fraction of sp³-hybridized carbons (Fsp3) is 0.423. The first-order chi connectivity index (χ1) is 14.8. The monoisotopic (exact) mass is 418 g/mol. The number of carbonyl (C=O) groups is 1. The van der Waals surface area contributed by atoms with Crippen molar-refractivity contribution in [2.45, 2.75) is 39.3 Å². The lowest BCUT2D eigenvalue weighted by Gasteiger charge is -2.44. The number of para-hydroxylation sites is 1.